The minimum atomic E-state index is -0.408. The van der Waals surface area contributed by atoms with E-state index in [9.17, 15) is 0 Å². The summed E-state index contributed by atoms with van der Waals surface area (Å²) in [6, 6.07) is 58.3. The Morgan fingerprint density at radius 3 is 1.52 bits per heavy atom. The van der Waals surface area contributed by atoms with Gasteiger partial charge in [0.1, 0.15) is 30.7 Å². The summed E-state index contributed by atoms with van der Waals surface area (Å²) in [5.74, 6) is 0.750. The molecule has 0 radical (unpaired) electrons. The highest BCUT2D eigenvalue weighted by molar-refractivity contribution is 8.00. The highest BCUT2D eigenvalue weighted by Gasteiger charge is 2.48. The van der Waals surface area contributed by atoms with Crippen molar-refractivity contribution < 1.29 is 28.8 Å². The summed E-state index contributed by atoms with van der Waals surface area (Å²) in [5.41, 5.74) is 8.00. The first-order valence-electron chi connectivity index (χ1n) is 19.4. The predicted octanol–water partition coefficient (Wildman–Crippen LogP) is 9.78. The smallest absolute Gasteiger partial charge is 0.119 e. The van der Waals surface area contributed by atoms with Crippen molar-refractivity contribution >= 4 is 11.8 Å². The van der Waals surface area contributed by atoms with Crippen molar-refractivity contribution in [3.05, 3.63) is 209 Å². The zero-order chi connectivity index (χ0) is 38.2. The average Bonchev–Trinajstić information content (AvgIpc) is 3.26. The highest BCUT2D eigenvalue weighted by Crippen LogP contribution is 2.47. The summed E-state index contributed by atoms with van der Waals surface area (Å²) >= 11 is 1.86. The number of hydrogen-bond donors (Lipinski definition) is 1. The van der Waals surface area contributed by atoms with E-state index in [4.69, 9.17) is 28.8 Å². The van der Waals surface area contributed by atoms with Crippen LogP contribution in [0.2, 0.25) is 0 Å². The lowest BCUT2D eigenvalue weighted by Gasteiger charge is -2.46. The molecule has 0 aromatic heterocycles. The molecule has 7 rings (SSSR count). The summed E-state index contributed by atoms with van der Waals surface area (Å²) in [6.45, 7) is 2.57. The molecule has 1 fully saturated rings. The van der Waals surface area contributed by atoms with Gasteiger partial charge in [0, 0.05) is 0 Å². The lowest BCUT2D eigenvalue weighted by molar-refractivity contribution is -0.160. The lowest BCUT2D eigenvalue weighted by atomic mass is 9.94. The SMILES string of the molecule is OCCOc1ccc(Cc2cccc([C@@H]3S[C@H](COCc4ccccc4)[C@@H](OCc4ccccc4)[C@H](OCc4ccccc4)[C@H]3OCc3ccccc3)c2)cc1. The van der Waals surface area contributed by atoms with E-state index in [0.29, 0.717) is 33.0 Å². The molecule has 1 saturated heterocycles. The van der Waals surface area contributed by atoms with E-state index in [1.165, 1.54) is 16.7 Å². The van der Waals surface area contributed by atoms with Gasteiger partial charge in [0.2, 0.25) is 0 Å². The Labute approximate surface area is 335 Å². The molecule has 7 heteroatoms. The minimum Gasteiger partial charge on any atom is -0.491 e. The van der Waals surface area contributed by atoms with Gasteiger partial charge < -0.3 is 28.8 Å². The predicted molar refractivity (Wildman–Crippen MR) is 224 cm³/mol. The third-order valence-corrected chi connectivity index (χ3v) is 11.4. The summed E-state index contributed by atoms with van der Waals surface area (Å²) in [6.07, 6.45) is -0.310. The Hall–Kier alpha value is -4.73. The molecule has 0 amide bonds. The molecule has 0 spiro atoms. The largest absolute Gasteiger partial charge is 0.491 e. The number of benzene rings is 6. The van der Waals surface area contributed by atoms with Crippen LogP contribution in [0.4, 0.5) is 0 Å². The first-order chi connectivity index (χ1) is 27.7. The lowest BCUT2D eigenvalue weighted by Crippen LogP contribution is -2.54. The minimum absolute atomic E-state index is 0.0121. The molecule has 56 heavy (non-hydrogen) atoms. The molecule has 6 aromatic rings. The van der Waals surface area contributed by atoms with E-state index in [1.807, 2.05) is 84.6 Å². The molecule has 0 saturated carbocycles. The Balaban J connectivity index is 1.22. The molecule has 6 aromatic carbocycles. The van der Waals surface area contributed by atoms with Crippen LogP contribution in [0.25, 0.3) is 0 Å². The van der Waals surface area contributed by atoms with Crippen molar-refractivity contribution in [2.24, 2.45) is 0 Å². The van der Waals surface area contributed by atoms with Crippen molar-refractivity contribution in [3.8, 4) is 5.75 Å². The fraction of sp³-hybridized carbons (Fsp3) is 0.265. The molecule has 0 aliphatic carbocycles. The van der Waals surface area contributed by atoms with Crippen molar-refractivity contribution in [1.82, 2.24) is 0 Å². The number of rotatable bonds is 19. The molecular weight excluding hydrogens is 717 g/mol. The van der Waals surface area contributed by atoms with Gasteiger partial charge in [-0.05, 0) is 57.5 Å². The number of thioether (sulfide) groups is 1. The van der Waals surface area contributed by atoms with Gasteiger partial charge in [-0.25, -0.2) is 0 Å². The third kappa shape index (κ3) is 11.4. The van der Waals surface area contributed by atoms with E-state index in [1.54, 1.807) is 0 Å². The number of aliphatic hydroxyl groups excluding tert-OH is 1. The normalized spacial score (nSPS) is 19.4. The second-order valence-corrected chi connectivity index (χ2v) is 15.4. The van der Waals surface area contributed by atoms with Gasteiger partial charge in [0.15, 0.2) is 0 Å². The van der Waals surface area contributed by atoms with Crippen LogP contribution in [0.1, 0.15) is 44.2 Å². The van der Waals surface area contributed by atoms with E-state index in [2.05, 4.69) is 97.1 Å². The van der Waals surface area contributed by atoms with Crippen molar-refractivity contribution in [3.63, 3.8) is 0 Å². The topological polar surface area (TPSA) is 66.4 Å². The van der Waals surface area contributed by atoms with Crippen LogP contribution < -0.4 is 4.74 Å². The van der Waals surface area contributed by atoms with Crippen LogP contribution >= 0.6 is 11.8 Å². The Bertz CT molecular complexity index is 2000. The van der Waals surface area contributed by atoms with E-state index < -0.39 is 6.10 Å². The van der Waals surface area contributed by atoms with Gasteiger partial charge in [0.25, 0.3) is 0 Å². The maximum Gasteiger partial charge on any atom is 0.119 e. The zero-order valence-electron chi connectivity index (χ0n) is 31.6. The second-order valence-electron chi connectivity index (χ2n) is 14.0. The zero-order valence-corrected chi connectivity index (χ0v) is 32.4. The summed E-state index contributed by atoms with van der Waals surface area (Å²) < 4.78 is 33.2. The molecule has 6 nitrogen and oxygen atoms in total. The number of hydrogen-bond acceptors (Lipinski definition) is 7. The average molecular weight is 767 g/mol. The summed E-state index contributed by atoms with van der Waals surface area (Å²) in [7, 11) is 0. The van der Waals surface area contributed by atoms with Gasteiger partial charge >= 0.3 is 0 Å². The summed E-state index contributed by atoms with van der Waals surface area (Å²) in [4.78, 5) is 0. The number of ether oxygens (including phenoxy) is 5. The fourth-order valence-electron chi connectivity index (χ4n) is 7.04. The third-order valence-electron chi connectivity index (χ3n) is 9.85. The van der Waals surface area contributed by atoms with Crippen LogP contribution in [0.5, 0.6) is 5.75 Å². The fourth-order valence-corrected chi connectivity index (χ4v) is 8.67. The maximum atomic E-state index is 9.16. The van der Waals surface area contributed by atoms with Crippen LogP contribution in [-0.2, 0) is 51.8 Å². The monoisotopic (exact) mass is 766 g/mol. The quantitative estimate of drug-likeness (QED) is 0.0881. The molecule has 0 unspecified atom stereocenters. The van der Waals surface area contributed by atoms with Crippen LogP contribution in [0.3, 0.4) is 0 Å². The van der Waals surface area contributed by atoms with Crippen LogP contribution in [-0.4, -0.2) is 48.5 Å². The summed E-state index contributed by atoms with van der Waals surface area (Å²) in [5, 5.41) is 9.03. The van der Waals surface area contributed by atoms with Gasteiger partial charge in [-0.1, -0.05) is 158 Å². The van der Waals surface area contributed by atoms with E-state index in [0.717, 1.165) is 34.4 Å². The second kappa shape index (κ2) is 21.0. The van der Waals surface area contributed by atoms with Crippen LogP contribution in [0.15, 0.2) is 170 Å². The molecule has 1 heterocycles. The van der Waals surface area contributed by atoms with Crippen molar-refractivity contribution in [2.75, 3.05) is 19.8 Å². The maximum absolute atomic E-state index is 9.16. The molecule has 1 aliphatic rings. The molecule has 1 N–H and O–H groups in total. The van der Waals surface area contributed by atoms with Gasteiger partial charge in [-0.3, -0.25) is 0 Å². The highest BCUT2D eigenvalue weighted by atomic mass is 32.2. The molecule has 0 bridgehead atoms. The molecular formula is C49H50O6S. The van der Waals surface area contributed by atoms with Crippen LogP contribution in [0, 0.1) is 0 Å². The first-order valence-corrected chi connectivity index (χ1v) is 20.3. The van der Waals surface area contributed by atoms with Gasteiger partial charge in [-0.15, -0.1) is 11.8 Å². The van der Waals surface area contributed by atoms with Crippen molar-refractivity contribution in [1.29, 1.82) is 0 Å². The molecule has 288 valence electrons. The van der Waals surface area contributed by atoms with Gasteiger partial charge in [0.05, 0.1) is 50.1 Å². The van der Waals surface area contributed by atoms with E-state index >= 15 is 0 Å². The standard InChI is InChI=1S/C49H50O6S/c50-28-29-52-44-26-24-37(25-27-44)30-42-22-13-23-43(31-42)49-48(55-35-41-20-11-4-12-21-41)47(54-34-40-18-9-3-10-19-40)46(53-33-39-16-7-2-8-17-39)45(56-49)36-51-32-38-14-5-1-6-15-38/h1-27,31,45-50H,28-30,32-36H2/t45-,46-,47+,48-,49+/m1/s1. The molecule has 1 aliphatic heterocycles. The first kappa shape index (κ1) is 39.5. The molecule has 5 atom stereocenters. The Morgan fingerprint density at radius 1 is 0.464 bits per heavy atom. The van der Waals surface area contributed by atoms with Crippen molar-refractivity contribution in [2.45, 2.75) is 61.7 Å². The van der Waals surface area contributed by atoms with Gasteiger partial charge in [-0.2, -0.15) is 0 Å². The van der Waals surface area contributed by atoms with E-state index in [-0.39, 0.29) is 35.9 Å². The number of aliphatic hydroxyl groups is 1. The Kier molecular flexibility index (Phi) is 14.8. The Morgan fingerprint density at radius 2 is 0.964 bits per heavy atom.